The second-order valence-electron chi connectivity index (χ2n) is 7.95. The maximum Gasteiger partial charge on any atom is 0.409 e. The van der Waals surface area contributed by atoms with E-state index in [1.54, 1.807) is 24.5 Å². The molecule has 0 saturated heterocycles. The molecule has 0 aliphatic heterocycles. The number of amides is 1. The lowest BCUT2D eigenvalue weighted by Gasteiger charge is -2.30. The molecule has 1 aliphatic carbocycles. The molecule has 8 heteroatoms. The molecule has 2 aromatic heterocycles. The summed E-state index contributed by atoms with van der Waals surface area (Å²) in [5, 5.41) is 12.3. The Balaban J connectivity index is 1.61. The number of nitrogens with two attached hydrogens (primary N) is 1. The molecule has 5 rings (SSSR count). The second kappa shape index (κ2) is 7.88. The van der Waals surface area contributed by atoms with E-state index in [4.69, 9.17) is 15.6 Å². The summed E-state index contributed by atoms with van der Waals surface area (Å²) in [6.45, 7) is 1.86. The Bertz CT molecular complexity index is 1310. The second-order valence-corrected chi connectivity index (χ2v) is 7.95. The van der Waals surface area contributed by atoms with Crippen LogP contribution >= 0.6 is 0 Å². The van der Waals surface area contributed by atoms with Gasteiger partial charge in [-0.3, -0.25) is 10.3 Å². The van der Waals surface area contributed by atoms with Crippen LogP contribution in [0.1, 0.15) is 31.0 Å². The molecule has 1 saturated carbocycles. The van der Waals surface area contributed by atoms with Gasteiger partial charge in [0, 0.05) is 41.1 Å². The molecule has 0 bridgehead atoms. The number of nitrogens with one attached hydrogen (secondary N) is 1. The van der Waals surface area contributed by atoms with Gasteiger partial charge >= 0.3 is 6.09 Å². The zero-order valence-electron chi connectivity index (χ0n) is 17.6. The zero-order chi connectivity index (χ0) is 22.2. The number of carboxylic acid groups (broad SMARTS) is 1. The van der Waals surface area contributed by atoms with Crippen molar-refractivity contribution in [1.29, 1.82) is 0 Å². The number of rotatable bonds is 5. The number of aryl methyl sites for hydroxylation is 1. The fraction of sp³-hybridized carbons (Fsp3) is 0.208. The highest BCUT2D eigenvalue weighted by atomic mass is 16.5. The van der Waals surface area contributed by atoms with E-state index in [-0.39, 0.29) is 0 Å². The van der Waals surface area contributed by atoms with Crippen LogP contribution in [0.5, 0.6) is 11.6 Å². The van der Waals surface area contributed by atoms with Crippen LogP contribution in [0.2, 0.25) is 0 Å². The quantitative estimate of drug-likeness (QED) is 0.380. The van der Waals surface area contributed by atoms with Crippen molar-refractivity contribution in [3.63, 3.8) is 0 Å². The molecule has 2 heterocycles. The summed E-state index contributed by atoms with van der Waals surface area (Å²) in [7, 11) is 0. The summed E-state index contributed by atoms with van der Waals surface area (Å²) < 4.78 is 8.32. The average molecular weight is 429 g/mol. The summed E-state index contributed by atoms with van der Waals surface area (Å²) in [4.78, 5) is 19.4. The van der Waals surface area contributed by atoms with Gasteiger partial charge in [0.25, 0.3) is 0 Å². The van der Waals surface area contributed by atoms with Crippen molar-refractivity contribution in [3.8, 4) is 22.9 Å². The van der Waals surface area contributed by atoms with Crippen LogP contribution in [0.3, 0.4) is 0 Å². The highest BCUT2D eigenvalue weighted by molar-refractivity contribution is 6.01. The molecule has 0 atom stereocenters. The first-order valence-electron chi connectivity index (χ1n) is 10.5. The maximum absolute atomic E-state index is 10.9. The van der Waals surface area contributed by atoms with Crippen LogP contribution in [0, 0.1) is 6.92 Å². The molecule has 0 spiro atoms. The van der Waals surface area contributed by atoms with E-state index in [2.05, 4.69) is 19.9 Å². The summed E-state index contributed by atoms with van der Waals surface area (Å²) in [5.41, 5.74) is 11.5. The third-order valence-corrected chi connectivity index (χ3v) is 5.92. The number of carbonyl (C=O) groups is 1. The van der Waals surface area contributed by atoms with Gasteiger partial charge in [-0.15, -0.1) is 0 Å². The number of fused-ring (bicyclic) bond motifs is 1. The molecule has 8 nitrogen and oxygen atoms in total. The Hall–Kier alpha value is -4.07. The van der Waals surface area contributed by atoms with E-state index < -0.39 is 6.09 Å². The molecular formula is C24H23N5O3. The van der Waals surface area contributed by atoms with E-state index in [9.17, 15) is 4.79 Å². The van der Waals surface area contributed by atoms with Crippen molar-refractivity contribution in [1.82, 2.24) is 14.5 Å². The Morgan fingerprint density at radius 3 is 2.56 bits per heavy atom. The van der Waals surface area contributed by atoms with E-state index in [1.165, 1.54) is 6.42 Å². The van der Waals surface area contributed by atoms with Gasteiger partial charge in [0.2, 0.25) is 5.88 Å². The van der Waals surface area contributed by atoms with Crippen molar-refractivity contribution in [2.24, 2.45) is 0 Å². The first-order chi connectivity index (χ1) is 15.5. The van der Waals surface area contributed by atoms with Gasteiger partial charge in [-0.05, 0) is 50.5 Å². The van der Waals surface area contributed by atoms with E-state index in [0.717, 1.165) is 40.7 Å². The smallest absolute Gasteiger partial charge is 0.409 e. The van der Waals surface area contributed by atoms with Gasteiger partial charge in [0.05, 0.1) is 22.6 Å². The molecule has 4 aromatic rings. The Kier molecular flexibility index (Phi) is 4.89. The van der Waals surface area contributed by atoms with Gasteiger partial charge in [-0.2, -0.15) is 0 Å². The number of hydrogen-bond acceptors (Lipinski definition) is 5. The summed E-state index contributed by atoms with van der Waals surface area (Å²) in [5.74, 6) is 1.15. The molecule has 1 amide bonds. The minimum Gasteiger partial charge on any atom is -0.465 e. The Labute approximate surface area is 184 Å². The number of nitrogen functional groups attached to an aromatic ring is 1. The molecule has 1 fully saturated rings. The number of benzene rings is 2. The molecule has 162 valence electrons. The lowest BCUT2D eigenvalue weighted by Crippen LogP contribution is -2.18. The maximum atomic E-state index is 10.9. The molecule has 32 heavy (non-hydrogen) atoms. The number of aromatic nitrogens is 3. The monoisotopic (exact) mass is 429 g/mol. The van der Waals surface area contributed by atoms with Crippen LogP contribution in [-0.2, 0) is 0 Å². The summed E-state index contributed by atoms with van der Waals surface area (Å²) in [6.07, 6.45) is 5.51. The predicted molar refractivity (Wildman–Crippen MR) is 123 cm³/mol. The van der Waals surface area contributed by atoms with Crippen molar-refractivity contribution >= 4 is 28.4 Å². The molecule has 4 N–H and O–H groups in total. The van der Waals surface area contributed by atoms with Crippen LogP contribution in [0.25, 0.3) is 22.2 Å². The molecule has 2 aromatic carbocycles. The molecule has 0 radical (unpaired) electrons. The van der Waals surface area contributed by atoms with Crippen LogP contribution in [0.15, 0.2) is 54.9 Å². The standard InChI is InChI=1S/C24H23N5O3/c1-14-23(27-12-11-26-14)32-18-9-10-19-20(13-18)29(17-3-2-4-17)22(21(19)25)15-5-7-16(8-6-15)28-24(30)31/h5-13,17,28H,2-4,25H2,1H3,(H,30,31). The lowest BCUT2D eigenvalue weighted by molar-refractivity contribution is 0.209. The van der Waals surface area contributed by atoms with Crippen molar-refractivity contribution in [2.45, 2.75) is 32.2 Å². The topological polar surface area (TPSA) is 115 Å². The number of hydrogen-bond donors (Lipinski definition) is 3. The first kappa shape index (κ1) is 19.9. The predicted octanol–water partition coefficient (Wildman–Crippen LogP) is 5.60. The minimum absolute atomic E-state index is 0.357. The van der Waals surface area contributed by atoms with Gasteiger partial charge < -0.3 is 20.1 Å². The highest BCUT2D eigenvalue weighted by Gasteiger charge is 2.27. The SMILES string of the molecule is Cc1nccnc1Oc1ccc2c(N)c(-c3ccc(NC(=O)O)cc3)n(C3CCC3)c2c1. The fourth-order valence-corrected chi connectivity index (χ4v) is 4.14. The molecule has 0 unspecified atom stereocenters. The number of nitrogens with zero attached hydrogens (tertiary/aromatic N) is 3. The molecular weight excluding hydrogens is 406 g/mol. The largest absolute Gasteiger partial charge is 0.465 e. The number of ether oxygens (including phenoxy) is 1. The number of anilines is 2. The van der Waals surface area contributed by atoms with Gasteiger partial charge in [-0.1, -0.05) is 12.1 Å². The highest BCUT2D eigenvalue weighted by Crippen LogP contribution is 2.45. The van der Waals surface area contributed by atoms with E-state index in [0.29, 0.717) is 29.0 Å². The van der Waals surface area contributed by atoms with Gasteiger partial charge in [0.1, 0.15) is 5.75 Å². The average Bonchev–Trinajstić information content (AvgIpc) is 3.01. The Morgan fingerprint density at radius 2 is 1.91 bits per heavy atom. The van der Waals surface area contributed by atoms with Crippen molar-refractivity contribution in [3.05, 3.63) is 60.6 Å². The van der Waals surface area contributed by atoms with Gasteiger partial charge in [-0.25, -0.2) is 9.78 Å². The normalized spacial score (nSPS) is 13.7. The van der Waals surface area contributed by atoms with Crippen LogP contribution < -0.4 is 15.8 Å². The summed E-state index contributed by atoms with van der Waals surface area (Å²) in [6, 6.07) is 13.5. The molecule has 1 aliphatic rings. The van der Waals surface area contributed by atoms with E-state index >= 15 is 0 Å². The van der Waals surface area contributed by atoms with Gasteiger partial charge in [0.15, 0.2) is 0 Å². The van der Waals surface area contributed by atoms with Crippen LogP contribution in [0.4, 0.5) is 16.2 Å². The summed E-state index contributed by atoms with van der Waals surface area (Å²) >= 11 is 0. The zero-order valence-corrected chi connectivity index (χ0v) is 17.6. The third kappa shape index (κ3) is 3.49. The lowest BCUT2D eigenvalue weighted by atomic mass is 9.92. The first-order valence-corrected chi connectivity index (χ1v) is 10.5. The van der Waals surface area contributed by atoms with E-state index in [1.807, 2.05) is 37.3 Å². The Morgan fingerprint density at radius 1 is 1.16 bits per heavy atom. The minimum atomic E-state index is -1.09. The third-order valence-electron chi connectivity index (χ3n) is 5.92. The van der Waals surface area contributed by atoms with Crippen LogP contribution in [-0.4, -0.2) is 25.7 Å². The van der Waals surface area contributed by atoms with Crippen molar-refractivity contribution < 1.29 is 14.6 Å². The van der Waals surface area contributed by atoms with Crippen molar-refractivity contribution in [2.75, 3.05) is 11.1 Å². The fourth-order valence-electron chi connectivity index (χ4n) is 4.14.